The molecule has 18 heavy (non-hydrogen) atoms. The van der Waals surface area contributed by atoms with Gasteiger partial charge in [0, 0.05) is 13.0 Å². The molecule has 2 rings (SSSR count). The van der Waals surface area contributed by atoms with Gasteiger partial charge in [0.05, 0.1) is 12.0 Å². The summed E-state index contributed by atoms with van der Waals surface area (Å²) in [7, 11) is 0. The Bertz CT molecular complexity index is 444. The van der Waals surface area contributed by atoms with Gasteiger partial charge in [-0.05, 0) is 12.0 Å². The predicted octanol–water partition coefficient (Wildman–Crippen LogP) is 2.07. The van der Waals surface area contributed by atoms with Crippen molar-refractivity contribution in [3.05, 3.63) is 35.9 Å². The van der Waals surface area contributed by atoms with Crippen LogP contribution in [0.25, 0.3) is 0 Å². The summed E-state index contributed by atoms with van der Waals surface area (Å²) < 4.78 is 0. The molecule has 96 valence electrons. The van der Waals surface area contributed by atoms with Crippen molar-refractivity contribution in [3.8, 4) is 0 Å². The molecular weight excluding hydrogens is 230 g/mol. The van der Waals surface area contributed by atoms with Gasteiger partial charge in [-0.2, -0.15) is 0 Å². The molecule has 0 spiro atoms. The summed E-state index contributed by atoms with van der Waals surface area (Å²) in [4.78, 5) is 24.6. The van der Waals surface area contributed by atoms with Gasteiger partial charge in [0.15, 0.2) is 0 Å². The number of hydrogen-bond donors (Lipinski definition) is 1. The third-order valence-electron chi connectivity index (χ3n) is 3.45. The van der Waals surface area contributed by atoms with E-state index in [0.717, 1.165) is 12.0 Å². The number of aliphatic carboxylic acids is 1. The number of likely N-dealkylation sites (tertiary alicyclic amines) is 1. The molecule has 0 radical (unpaired) electrons. The number of nitrogens with zero attached hydrogens (tertiary/aromatic N) is 1. The van der Waals surface area contributed by atoms with Crippen molar-refractivity contribution >= 4 is 11.9 Å². The van der Waals surface area contributed by atoms with Crippen molar-refractivity contribution in [2.45, 2.75) is 25.8 Å². The van der Waals surface area contributed by atoms with E-state index in [-0.39, 0.29) is 18.4 Å². The maximum absolute atomic E-state index is 11.9. The minimum absolute atomic E-state index is 0.0111. The molecular formula is C14H17NO3. The Morgan fingerprint density at radius 2 is 2.11 bits per heavy atom. The average molecular weight is 247 g/mol. The molecule has 1 N–H and O–H groups in total. The molecule has 0 aliphatic carbocycles. The molecule has 1 aliphatic rings. The summed E-state index contributed by atoms with van der Waals surface area (Å²) in [6, 6.07) is 9.76. The molecule has 1 aromatic carbocycles. The average Bonchev–Trinajstić information content (AvgIpc) is 2.74. The number of carbonyl (C=O) groups excluding carboxylic acids is 1. The number of carboxylic acids is 1. The van der Waals surface area contributed by atoms with E-state index < -0.39 is 11.9 Å². The van der Waals surface area contributed by atoms with Crippen LogP contribution >= 0.6 is 0 Å². The lowest BCUT2D eigenvalue weighted by molar-refractivity contribution is -0.141. The summed E-state index contributed by atoms with van der Waals surface area (Å²) in [6.45, 7) is 2.33. The van der Waals surface area contributed by atoms with Gasteiger partial charge in [-0.3, -0.25) is 9.59 Å². The first-order valence-corrected chi connectivity index (χ1v) is 6.20. The molecule has 1 aromatic rings. The lowest BCUT2D eigenvalue weighted by atomic mass is 10.0. The number of carbonyl (C=O) groups is 2. The number of amides is 1. The van der Waals surface area contributed by atoms with E-state index in [9.17, 15) is 9.59 Å². The molecule has 1 aliphatic heterocycles. The van der Waals surface area contributed by atoms with E-state index in [1.807, 2.05) is 37.3 Å². The fourth-order valence-electron chi connectivity index (χ4n) is 2.51. The largest absolute Gasteiger partial charge is 0.481 e. The highest BCUT2D eigenvalue weighted by atomic mass is 16.4. The zero-order valence-corrected chi connectivity index (χ0v) is 10.4. The molecule has 0 aromatic heterocycles. The van der Waals surface area contributed by atoms with Gasteiger partial charge < -0.3 is 10.0 Å². The van der Waals surface area contributed by atoms with Gasteiger partial charge in [-0.1, -0.05) is 37.3 Å². The van der Waals surface area contributed by atoms with Crippen molar-refractivity contribution in [3.63, 3.8) is 0 Å². The van der Waals surface area contributed by atoms with E-state index in [1.54, 1.807) is 4.90 Å². The van der Waals surface area contributed by atoms with Crippen molar-refractivity contribution in [1.82, 2.24) is 4.90 Å². The highest BCUT2D eigenvalue weighted by Gasteiger charge is 2.37. The lowest BCUT2D eigenvalue weighted by Gasteiger charge is -2.27. The van der Waals surface area contributed by atoms with Crippen molar-refractivity contribution < 1.29 is 14.7 Å². The minimum Gasteiger partial charge on any atom is -0.481 e. The third-order valence-corrected chi connectivity index (χ3v) is 3.45. The van der Waals surface area contributed by atoms with Gasteiger partial charge in [0.25, 0.3) is 0 Å². The Hall–Kier alpha value is -1.84. The van der Waals surface area contributed by atoms with Crippen LogP contribution in [0.4, 0.5) is 0 Å². The number of benzene rings is 1. The Balaban J connectivity index is 2.19. The first kappa shape index (κ1) is 12.6. The van der Waals surface area contributed by atoms with Gasteiger partial charge in [-0.15, -0.1) is 0 Å². The van der Waals surface area contributed by atoms with Crippen molar-refractivity contribution in [2.75, 3.05) is 6.54 Å². The molecule has 1 amide bonds. The Kier molecular flexibility index (Phi) is 3.65. The standard InChI is InChI=1S/C14H17NO3/c1-2-12(10-6-4-3-5-7-10)15-9-11(14(17)18)8-13(15)16/h3-7,11-12H,2,8-9H2,1H3,(H,17,18)/t11-,12+/m1/s1. The van der Waals surface area contributed by atoms with Crippen LogP contribution in [0.3, 0.4) is 0 Å². The lowest BCUT2D eigenvalue weighted by Crippen LogP contribution is -2.30. The van der Waals surface area contributed by atoms with Gasteiger partial charge >= 0.3 is 5.97 Å². The monoisotopic (exact) mass is 247 g/mol. The SMILES string of the molecule is CC[C@@H](c1ccccc1)N1C[C@H](C(=O)O)CC1=O. The molecule has 1 saturated heterocycles. The smallest absolute Gasteiger partial charge is 0.308 e. The Morgan fingerprint density at radius 1 is 1.44 bits per heavy atom. The van der Waals surface area contributed by atoms with E-state index in [0.29, 0.717) is 6.54 Å². The summed E-state index contributed by atoms with van der Waals surface area (Å²) in [5.41, 5.74) is 1.07. The fraction of sp³-hybridized carbons (Fsp3) is 0.429. The summed E-state index contributed by atoms with van der Waals surface area (Å²) in [5.74, 6) is -1.50. The van der Waals surface area contributed by atoms with Crippen LogP contribution in [0, 0.1) is 5.92 Å². The first-order chi connectivity index (χ1) is 8.63. The maximum atomic E-state index is 11.9. The van der Waals surface area contributed by atoms with Gasteiger partial charge in [-0.25, -0.2) is 0 Å². The Labute approximate surface area is 106 Å². The van der Waals surface area contributed by atoms with Crippen LogP contribution < -0.4 is 0 Å². The van der Waals surface area contributed by atoms with E-state index in [4.69, 9.17) is 5.11 Å². The van der Waals surface area contributed by atoms with E-state index >= 15 is 0 Å². The van der Waals surface area contributed by atoms with Crippen molar-refractivity contribution in [2.24, 2.45) is 5.92 Å². The molecule has 0 bridgehead atoms. The second-order valence-electron chi connectivity index (χ2n) is 4.62. The topological polar surface area (TPSA) is 57.6 Å². The zero-order chi connectivity index (χ0) is 13.1. The summed E-state index contributed by atoms with van der Waals surface area (Å²) in [5, 5.41) is 8.99. The second-order valence-corrected chi connectivity index (χ2v) is 4.62. The van der Waals surface area contributed by atoms with Crippen LogP contribution in [-0.2, 0) is 9.59 Å². The first-order valence-electron chi connectivity index (χ1n) is 6.20. The molecule has 1 heterocycles. The second kappa shape index (κ2) is 5.21. The van der Waals surface area contributed by atoms with Crippen LogP contribution in [0.5, 0.6) is 0 Å². The predicted molar refractivity (Wildman–Crippen MR) is 66.9 cm³/mol. The Morgan fingerprint density at radius 3 is 2.61 bits per heavy atom. The highest BCUT2D eigenvalue weighted by Crippen LogP contribution is 2.30. The van der Waals surface area contributed by atoms with E-state index in [2.05, 4.69) is 0 Å². The number of rotatable bonds is 4. The molecule has 2 atom stereocenters. The quantitative estimate of drug-likeness (QED) is 0.886. The number of carboxylic acid groups (broad SMARTS) is 1. The summed E-state index contributed by atoms with van der Waals surface area (Å²) in [6.07, 6.45) is 0.917. The zero-order valence-electron chi connectivity index (χ0n) is 10.4. The van der Waals surface area contributed by atoms with Crippen LogP contribution in [0.2, 0.25) is 0 Å². The van der Waals surface area contributed by atoms with Gasteiger partial charge in [0.2, 0.25) is 5.91 Å². The maximum Gasteiger partial charge on any atom is 0.308 e. The molecule has 4 heteroatoms. The molecule has 0 unspecified atom stereocenters. The summed E-state index contributed by atoms with van der Waals surface area (Å²) >= 11 is 0. The van der Waals surface area contributed by atoms with Gasteiger partial charge in [0.1, 0.15) is 0 Å². The number of hydrogen-bond acceptors (Lipinski definition) is 2. The highest BCUT2D eigenvalue weighted by molar-refractivity contribution is 5.86. The fourth-order valence-corrected chi connectivity index (χ4v) is 2.51. The van der Waals surface area contributed by atoms with Crippen LogP contribution in [-0.4, -0.2) is 28.4 Å². The molecule has 4 nitrogen and oxygen atoms in total. The van der Waals surface area contributed by atoms with Crippen LogP contribution in [0.1, 0.15) is 31.4 Å². The third kappa shape index (κ3) is 2.37. The van der Waals surface area contributed by atoms with Crippen LogP contribution in [0.15, 0.2) is 30.3 Å². The normalized spacial score (nSPS) is 21.1. The van der Waals surface area contributed by atoms with Crippen molar-refractivity contribution in [1.29, 1.82) is 0 Å². The minimum atomic E-state index is -0.881. The van der Waals surface area contributed by atoms with E-state index in [1.165, 1.54) is 0 Å². The molecule has 0 saturated carbocycles. The molecule has 1 fully saturated rings.